The number of benzene rings is 1. The van der Waals surface area contributed by atoms with Crippen LogP contribution in [0.15, 0.2) is 24.3 Å². The number of para-hydroxylation sites is 1. The number of carbonyl (C=O) groups excluding carboxylic acids is 1. The summed E-state index contributed by atoms with van der Waals surface area (Å²) in [5.41, 5.74) is 1.96. The Morgan fingerprint density at radius 2 is 2.10 bits per heavy atom. The van der Waals surface area contributed by atoms with Crippen LogP contribution in [-0.2, 0) is 17.8 Å². The highest BCUT2D eigenvalue weighted by molar-refractivity contribution is 6.32. The summed E-state index contributed by atoms with van der Waals surface area (Å²) in [5, 5.41) is 14.4. The number of hydrogen-bond donors (Lipinski definition) is 1. The second kappa shape index (κ2) is 6.48. The molecule has 4 aliphatic rings. The Balaban J connectivity index is 1.14. The predicted molar refractivity (Wildman–Crippen MR) is 108 cm³/mol. The van der Waals surface area contributed by atoms with Gasteiger partial charge in [-0.3, -0.25) is 9.48 Å². The van der Waals surface area contributed by atoms with Gasteiger partial charge in [0.05, 0.1) is 5.02 Å². The molecule has 3 aliphatic carbocycles. The molecule has 1 amide bonds. The standard InChI is InChI=1S/C22H22ClN3O4/c23-14-3-1-2-4-18(14)30-17-5-6-25(15-9-13(15)17)19(27)10-26-16-8-11-7-12(11)20(16)21(24-26)22(28)29/h1-4,11-13,15,17H,5-10H2,(H,28,29)/t11-,12-,13?,15?,17?/m1/s1. The zero-order chi connectivity index (χ0) is 20.6. The number of piperidine rings is 1. The average Bonchev–Trinajstić information content (AvgIpc) is 3.61. The van der Waals surface area contributed by atoms with Crippen molar-refractivity contribution in [2.75, 3.05) is 6.54 Å². The summed E-state index contributed by atoms with van der Waals surface area (Å²) in [7, 11) is 0. The Bertz CT molecular complexity index is 1070. The van der Waals surface area contributed by atoms with Crippen LogP contribution in [0, 0.1) is 11.8 Å². The number of halogens is 1. The maximum Gasteiger partial charge on any atom is 0.356 e. The van der Waals surface area contributed by atoms with Gasteiger partial charge >= 0.3 is 5.97 Å². The summed E-state index contributed by atoms with van der Waals surface area (Å²) in [5.74, 6) is 0.917. The van der Waals surface area contributed by atoms with Crippen molar-refractivity contribution >= 4 is 23.5 Å². The molecule has 2 saturated carbocycles. The lowest BCUT2D eigenvalue weighted by Gasteiger charge is -2.32. The first-order chi connectivity index (χ1) is 14.5. The number of aromatic nitrogens is 2. The number of fused-ring (bicyclic) bond motifs is 4. The van der Waals surface area contributed by atoms with E-state index in [0.717, 1.165) is 36.9 Å². The zero-order valence-electron chi connectivity index (χ0n) is 16.3. The van der Waals surface area contributed by atoms with Crippen LogP contribution in [0.3, 0.4) is 0 Å². The van der Waals surface area contributed by atoms with Crippen LogP contribution < -0.4 is 4.74 Å². The molecular formula is C22H22ClN3O4. The fraction of sp³-hybridized carbons (Fsp3) is 0.500. The smallest absolute Gasteiger partial charge is 0.356 e. The minimum absolute atomic E-state index is 0.0153. The van der Waals surface area contributed by atoms with E-state index in [2.05, 4.69) is 5.10 Å². The van der Waals surface area contributed by atoms with Gasteiger partial charge in [-0.15, -0.1) is 0 Å². The monoisotopic (exact) mass is 427 g/mol. The molecule has 0 spiro atoms. The molecule has 8 heteroatoms. The molecule has 3 unspecified atom stereocenters. The minimum Gasteiger partial charge on any atom is -0.488 e. The molecule has 7 nitrogen and oxygen atoms in total. The van der Waals surface area contributed by atoms with Gasteiger partial charge in [-0.05, 0) is 43.2 Å². The molecule has 1 aromatic carbocycles. The summed E-state index contributed by atoms with van der Waals surface area (Å²) in [6.07, 6.45) is 3.66. The van der Waals surface area contributed by atoms with Gasteiger partial charge in [-0.2, -0.15) is 5.10 Å². The number of rotatable bonds is 5. The lowest BCUT2D eigenvalue weighted by molar-refractivity contribution is -0.134. The lowest BCUT2D eigenvalue weighted by atomic mass is 10.1. The summed E-state index contributed by atoms with van der Waals surface area (Å²) >= 11 is 6.22. The molecule has 1 N–H and O–H groups in total. The van der Waals surface area contributed by atoms with E-state index in [1.54, 1.807) is 4.68 Å². The van der Waals surface area contributed by atoms with Gasteiger partial charge in [0.25, 0.3) is 0 Å². The van der Waals surface area contributed by atoms with Crippen LogP contribution in [0.25, 0.3) is 0 Å². The number of amides is 1. The largest absolute Gasteiger partial charge is 0.488 e. The molecule has 1 aromatic heterocycles. The van der Waals surface area contributed by atoms with Crippen LogP contribution in [0.4, 0.5) is 0 Å². The number of nitrogens with zero attached hydrogens (tertiary/aromatic N) is 3. The van der Waals surface area contributed by atoms with Crippen LogP contribution in [-0.4, -0.2) is 50.4 Å². The molecule has 156 valence electrons. The third kappa shape index (κ3) is 2.82. The third-order valence-electron chi connectivity index (χ3n) is 7.11. The molecule has 1 saturated heterocycles. The lowest BCUT2D eigenvalue weighted by Crippen LogP contribution is -2.44. The van der Waals surface area contributed by atoms with E-state index in [9.17, 15) is 14.7 Å². The van der Waals surface area contributed by atoms with Crippen molar-refractivity contribution in [2.45, 2.75) is 50.3 Å². The second-order valence-corrected chi connectivity index (χ2v) is 9.31. The number of hydrogen-bond acceptors (Lipinski definition) is 4. The van der Waals surface area contributed by atoms with Gasteiger partial charge in [-0.1, -0.05) is 23.7 Å². The summed E-state index contributed by atoms with van der Waals surface area (Å²) in [6.45, 7) is 0.754. The number of ether oxygens (including phenoxy) is 1. The van der Waals surface area contributed by atoms with Gasteiger partial charge in [-0.25, -0.2) is 4.79 Å². The molecule has 0 radical (unpaired) electrons. The first kappa shape index (κ1) is 18.2. The number of likely N-dealkylation sites (tertiary alicyclic amines) is 1. The summed E-state index contributed by atoms with van der Waals surface area (Å²) < 4.78 is 7.79. The molecule has 5 atom stereocenters. The van der Waals surface area contributed by atoms with Gasteiger partial charge in [0, 0.05) is 36.2 Å². The Labute approximate surface area is 178 Å². The zero-order valence-corrected chi connectivity index (χ0v) is 17.1. The van der Waals surface area contributed by atoms with Crippen LogP contribution in [0.2, 0.25) is 5.02 Å². The molecule has 0 bridgehead atoms. The van der Waals surface area contributed by atoms with Crippen molar-refractivity contribution in [2.24, 2.45) is 11.8 Å². The Kier molecular flexibility index (Phi) is 3.94. The number of carboxylic acid groups (broad SMARTS) is 1. The van der Waals surface area contributed by atoms with E-state index >= 15 is 0 Å². The SMILES string of the molecule is O=C(O)c1nn(CC(=O)N2CCC(Oc3ccccc3Cl)C3CC32)c2c1[C@@H]1C[C@@H]1C2. The summed E-state index contributed by atoms with van der Waals surface area (Å²) in [4.78, 5) is 26.6. The highest BCUT2D eigenvalue weighted by Crippen LogP contribution is 2.57. The molecule has 2 aromatic rings. The topological polar surface area (TPSA) is 84.7 Å². The van der Waals surface area contributed by atoms with Crippen LogP contribution >= 0.6 is 11.6 Å². The van der Waals surface area contributed by atoms with Gasteiger partial charge in [0.1, 0.15) is 18.4 Å². The molecule has 6 rings (SSSR count). The second-order valence-electron chi connectivity index (χ2n) is 8.91. The third-order valence-corrected chi connectivity index (χ3v) is 7.42. The average molecular weight is 428 g/mol. The van der Waals surface area contributed by atoms with Gasteiger partial charge in [0.2, 0.25) is 5.91 Å². The van der Waals surface area contributed by atoms with Crippen molar-refractivity contribution in [3.8, 4) is 5.75 Å². The summed E-state index contributed by atoms with van der Waals surface area (Å²) in [6, 6.07) is 7.66. The maximum atomic E-state index is 13.1. The quantitative estimate of drug-likeness (QED) is 0.793. The van der Waals surface area contributed by atoms with E-state index < -0.39 is 5.97 Å². The van der Waals surface area contributed by atoms with E-state index in [4.69, 9.17) is 16.3 Å². The first-order valence-corrected chi connectivity index (χ1v) is 10.9. The van der Waals surface area contributed by atoms with Crippen molar-refractivity contribution in [1.82, 2.24) is 14.7 Å². The Morgan fingerprint density at radius 1 is 1.27 bits per heavy atom. The Hall–Kier alpha value is -2.54. The minimum atomic E-state index is -0.996. The van der Waals surface area contributed by atoms with E-state index in [0.29, 0.717) is 35.1 Å². The van der Waals surface area contributed by atoms with E-state index in [1.807, 2.05) is 29.2 Å². The van der Waals surface area contributed by atoms with Crippen molar-refractivity contribution in [1.29, 1.82) is 0 Å². The number of carbonyl (C=O) groups is 2. The highest BCUT2D eigenvalue weighted by atomic mass is 35.5. The van der Waals surface area contributed by atoms with Crippen molar-refractivity contribution in [3.05, 3.63) is 46.2 Å². The van der Waals surface area contributed by atoms with Gasteiger partial charge in [0.15, 0.2) is 5.69 Å². The fourth-order valence-corrected chi connectivity index (χ4v) is 5.64. The highest BCUT2D eigenvalue weighted by Gasteiger charge is 2.53. The number of aromatic carboxylic acids is 1. The maximum absolute atomic E-state index is 13.1. The molecule has 1 aliphatic heterocycles. The van der Waals surface area contributed by atoms with Crippen LogP contribution in [0.1, 0.15) is 46.9 Å². The predicted octanol–water partition coefficient (Wildman–Crippen LogP) is 2.96. The molecule has 3 fully saturated rings. The van der Waals surface area contributed by atoms with Gasteiger partial charge < -0.3 is 14.7 Å². The van der Waals surface area contributed by atoms with Crippen molar-refractivity contribution < 1.29 is 19.4 Å². The first-order valence-electron chi connectivity index (χ1n) is 10.5. The van der Waals surface area contributed by atoms with Crippen LogP contribution in [0.5, 0.6) is 5.75 Å². The Morgan fingerprint density at radius 3 is 2.90 bits per heavy atom. The van der Waals surface area contributed by atoms with Crippen molar-refractivity contribution in [3.63, 3.8) is 0 Å². The number of carboxylic acids is 1. The molecule has 2 heterocycles. The van der Waals surface area contributed by atoms with E-state index in [1.165, 1.54) is 0 Å². The molecular weight excluding hydrogens is 406 g/mol. The fourth-order valence-electron chi connectivity index (χ4n) is 5.46. The normalized spacial score (nSPS) is 30.3. The molecule has 30 heavy (non-hydrogen) atoms. The van der Waals surface area contributed by atoms with E-state index in [-0.39, 0.29) is 30.3 Å².